The molecule has 5 nitrogen and oxygen atoms in total. The van der Waals surface area contributed by atoms with Crippen molar-refractivity contribution in [2.45, 2.75) is 0 Å². The molecule has 0 fully saturated rings. The van der Waals surface area contributed by atoms with Crippen molar-refractivity contribution in [3.8, 4) is 11.5 Å². The van der Waals surface area contributed by atoms with E-state index in [0.717, 1.165) is 10.8 Å². The molecule has 0 aromatic heterocycles. The maximum Gasteiger partial charge on any atom is 0.425 e. The molecule has 2 aromatic carbocycles. The summed E-state index contributed by atoms with van der Waals surface area (Å²) in [5, 5.41) is 20.1. The van der Waals surface area contributed by atoms with Gasteiger partial charge in [-0.1, -0.05) is 12.1 Å². The van der Waals surface area contributed by atoms with Crippen molar-refractivity contribution in [1.29, 1.82) is 0 Å². The van der Waals surface area contributed by atoms with Crippen molar-refractivity contribution in [3.05, 3.63) is 36.4 Å². The van der Waals surface area contributed by atoms with E-state index >= 15 is 0 Å². The summed E-state index contributed by atoms with van der Waals surface area (Å²) in [6.45, 7) is 0. The Kier molecular flexibility index (Phi) is 3.84. The second-order valence-corrected chi connectivity index (χ2v) is 3.29. The Morgan fingerprint density at radius 3 is 2.19 bits per heavy atom. The van der Waals surface area contributed by atoms with Crippen molar-refractivity contribution >= 4 is 21.4 Å². The van der Waals surface area contributed by atoms with E-state index in [4.69, 9.17) is 17.7 Å². The summed E-state index contributed by atoms with van der Waals surface area (Å²) in [5.41, 5.74) is 0. The third-order valence-corrected chi connectivity index (χ3v) is 1.84. The van der Waals surface area contributed by atoms with Crippen LogP contribution >= 0.6 is 0 Å². The van der Waals surface area contributed by atoms with Crippen LogP contribution in [0.5, 0.6) is 11.5 Å². The van der Waals surface area contributed by atoms with Gasteiger partial charge in [0.05, 0.1) is 0 Å². The van der Waals surface area contributed by atoms with Gasteiger partial charge in [0.25, 0.3) is 0 Å². The van der Waals surface area contributed by atoms with Gasteiger partial charge in [0.1, 0.15) is 11.5 Å². The Labute approximate surface area is 92.6 Å². The standard InChI is InChI=1S/C10H8O2.O3S/c11-8-4-5-9-7(6-8)2-1-3-10(9)12;1-4(2)3/h1-6,11-12H;. The van der Waals surface area contributed by atoms with Crippen molar-refractivity contribution in [2.24, 2.45) is 0 Å². The highest BCUT2D eigenvalue weighted by molar-refractivity contribution is 7.59. The van der Waals surface area contributed by atoms with Crippen LogP contribution in [0.3, 0.4) is 0 Å². The first-order valence-corrected chi connectivity index (χ1v) is 5.18. The lowest BCUT2D eigenvalue weighted by molar-refractivity contribution is 0.475. The quantitative estimate of drug-likeness (QED) is 0.723. The SMILES string of the molecule is O=S(=O)=O.Oc1ccc2c(O)cccc2c1. The van der Waals surface area contributed by atoms with Crippen LogP contribution in [0.1, 0.15) is 0 Å². The molecule has 2 aromatic rings. The molecule has 0 heterocycles. The molecule has 2 N–H and O–H groups in total. The maximum absolute atomic E-state index is 9.38. The largest absolute Gasteiger partial charge is 0.508 e. The normalized spacial score (nSPS) is 9.25. The van der Waals surface area contributed by atoms with E-state index in [0.29, 0.717) is 0 Å². The number of aromatic hydroxyl groups is 2. The molecule has 0 bridgehead atoms. The lowest BCUT2D eigenvalue weighted by Gasteiger charge is -1.99. The van der Waals surface area contributed by atoms with E-state index in [-0.39, 0.29) is 11.5 Å². The summed E-state index contributed by atoms with van der Waals surface area (Å²) >= 11 is 0. The van der Waals surface area contributed by atoms with Crippen LogP contribution in [-0.2, 0) is 10.6 Å². The van der Waals surface area contributed by atoms with Gasteiger partial charge < -0.3 is 10.2 Å². The van der Waals surface area contributed by atoms with Crippen molar-refractivity contribution in [3.63, 3.8) is 0 Å². The van der Waals surface area contributed by atoms with Crippen molar-refractivity contribution in [1.82, 2.24) is 0 Å². The van der Waals surface area contributed by atoms with Gasteiger partial charge in [-0.3, -0.25) is 0 Å². The summed E-state index contributed by atoms with van der Waals surface area (Å²) < 4.78 is 25.3. The zero-order valence-corrected chi connectivity index (χ0v) is 8.81. The molecule has 0 unspecified atom stereocenters. The minimum atomic E-state index is -3.11. The van der Waals surface area contributed by atoms with Crippen LogP contribution in [0.2, 0.25) is 0 Å². The predicted octanol–water partition coefficient (Wildman–Crippen LogP) is 1.25. The van der Waals surface area contributed by atoms with Crippen molar-refractivity contribution in [2.75, 3.05) is 0 Å². The molecule has 0 atom stereocenters. The van der Waals surface area contributed by atoms with E-state index in [1.54, 1.807) is 30.3 Å². The summed E-state index contributed by atoms with van der Waals surface area (Å²) in [7, 11) is -3.11. The highest BCUT2D eigenvalue weighted by Crippen LogP contribution is 2.26. The van der Waals surface area contributed by atoms with Gasteiger partial charge in [-0.15, -0.1) is 12.6 Å². The van der Waals surface area contributed by atoms with E-state index in [9.17, 15) is 5.11 Å². The number of rotatable bonds is 0. The summed E-state index contributed by atoms with van der Waals surface area (Å²) in [5.74, 6) is 0.459. The molecule has 2 rings (SSSR count). The average Bonchev–Trinajstić information content (AvgIpc) is 2.16. The molecule has 0 aliphatic carbocycles. The minimum absolute atomic E-state index is 0.216. The first kappa shape index (κ1) is 12.0. The fourth-order valence-corrected chi connectivity index (χ4v) is 1.25. The zero-order chi connectivity index (χ0) is 12.1. The molecule has 0 spiro atoms. The second kappa shape index (κ2) is 5.13. The first-order valence-electron chi connectivity index (χ1n) is 4.18. The van der Waals surface area contributed by atoms with Gasteiger partial charge in [-0.25, -0.2) is 0 Å². The first-order chi connectivity index (χ1) is 7.50. The minimum Gasteiger partial charge on any atom is -0.508 e. The summed E-state index contributed by atoms with van der Waals surface area (Å²) in [4.78, 5) is 0. The Hall–Kier alpha value is -2.08. The summed E-state index contributed by atoms with van der Waals surface area (Å²) in [6.07, 6.45) is 0. The van der Waals surface area contributed by atoms with Gasteiger partial charge in [0.15, 0.2) is 0 Å². The molecular weight excluding hydrogens is 232 g/mol. The molecule has 0 saturated heterocycles. The number of phenols is 2. The molecular formula is C10H8O5S. The van der Waals surface area contributed by atoms with Crippen LogP contribution < -0.4 is 0 Å². The number of hydrogen-bond acceptors (Lipinski definition) is 5. The Morgan fingerprint density at radius 2 is 1.56 bits per heavy atom. The van der Waals surface area contributed by atoms with E-state index in [1.165, 1.54) is 0 Å². The van der Waals surface area contributed by atoms with Crippen LogP contribution in [0.25, 0.3) is 10.8 Å². The number of hydrogen-bond donors (Lipinski definition) is 2. The fraction of sp³-hybridized carbons (Fsp3) is 0. The third-order valence-electron chi connectivity index (χ3n) is 1.84. The molecule has 0 aliphatic heterocycles. The van der Waals surface area contributed by atoms with Crippen LogP contribution in [-0.4, -0.2) is 22.8 Å². The Bertz CT molecular complexity index is 596. The highest BCUT2D eigenvalue weighted by atomic mass is 32.2. The molecule has 0 saturated carbocycles. The summed E-state index contributed by atoms with van der Waals surface area (Å²) in [6, 6.07) is 10.1. The second-order valence-electron chi connectivity index (χ2n) is 2.89. The smallest absolute Gasteiger partial charge is 0.425 e. The molecule has 0 amide bonds. The lowest BCUT2D eigenvalue weighted by atomic mass is 10.1. The molecule has 6 heteroatoms. The van der Waals surface area contributed by atoms with Gasteiger partial charge in [-0.2, -0.15) is 0 Å². The van der Waals surface area contributed by atoms with Gasteiger partial charge in [-0.05, 0) is 29.7 Å². The Morgan fingerprint density at radius 1 is 0.938 bits per heavy atom. The van der Waals surface area contributed by atoms with Crippen LogP contribution in [0.15, 0.2) is 36.4 Å². The predicted molar refractivity (Wildman–Crippen MR) is 57.0 cm³/mol. The lowest BCUT2D eigenvalue weighted by Crippen LogP contribution is -1.72. The molecule has 0 aliphatic rings. The van der Waals surface area contributed by atoms with E-state index in [1.807, 2.05) is 6.07 Å². The van der Waals surface area contributed by atoms with E-state index in [2.05, 4.69) is 0 Å². The number of phenolic OH excluding ortho intramolecular Hbond substituents is 2. The van der Waals surface area contributed by atoms with Gasteiger partial charge >= 0.3 is 10.6 Å². The highest BCUT2D eigenvalue weighted by Gasteiger charge is 1.98. The Balaban J connectivity index is 0.000000280. The monoisotopic (exact) mass is 240 g/mol. The molecule has 16 heavy (non-hydrogen) atoms. The van der Waals surface area contributed by atoms with Crippen LogP contribution in [0, 0.1) is 0 Å². The van der Waals surface area contributed by atoms with Crippen LogP contribution in [0.4, 0.5) is 0 Å². The molecule has 0 radical (unpaired) electrons. The third kappa shape index (κ3) is 3.25. The fourth-order valence-electron chi connectivity index (χ4n) is 1.25. The van der Waals surface area contributed by atoms with E-state index < -0.39 is 10.6 Å². The average molecular weight is 240 g/mol. The topological polar surface area (TPSA) is 91.7 Å². The number of fused-ring (bicyclic) bond motifs is 1. The van der Waals surface area contributed by atoms with Gasteiger partial charge in [0.2, 0.25) is 0 Å². The molecule has 84 valence electrons. The zero-order valence-electron chi connectivity index (χ0n) is 7.99. The number of benzene rings is 2. The maximum atomic E-state index is 9.38. The van der Waals surface area contributed by atoms with Crippen molar-refractivity contribution < 1.29 is 22.8 Å². The van der Waals surface area contributed by atoms with Gasteiger partial charge in [0, 0.05) is 5.39 Å².